The number of hydrogen-bond acceptors (Lipinski definition) is 4. The number of pyridine rings is 1. The van der Waals surface area contributed by atoms with Crippen molar-refractivity contribution in [3.8, 4) is 0 Å². The van der Waals surface area contributed by atoms with Gasteiger partial charge in [-0.3, -0.25) is 14.7 Å². The molecule has 166 valence electrons. The molecule has 32 heavy (non-hydrogen) atoms. The lowest BCUT2D eigenvalue weighted by molar-refractivity contribution is 0.0909. The predicted octanol–water partition coefficient (Wildman–Crippen LogP) is 5.05. The van der Waals surface area contributed by atoms with Gasteiger partial charge in [0.1, 0.15) is 0 Å². The van der Waals surface area contributed by atoms with Crippen LogP contribution in [-0.4, -0.2) is 34.9 Å². The smallest absolute Gasteiger partial charge is 0.251 e. The Morgan fingerprint density at radius 1 is 1.03 bits per heavy atom. The normalized spacial score (nSPS) is 14.9. The Labute approximate surface area is 191 Å². The number of nitrogens with zero attached hydrogens (tertiary/aromatic N) is 2. The number of halogens is 2. The van der Waals surface area contributed by atoms with Crippen molar-refractivity contribution in [2.75, 3.05) is 13.1 Å². The van der Waals surface area contributed by atoms with E-state index >= 15 is 0 Å². The molecule has 1 amide bonds. The molecule has 1 aliphatic rings. The molecule has 4 nitrogen and oxygen atoms in total. The van der Waals surface area contributed by atoms with Gasteiger partial charge in [-0.25, -0.2) is 8.78 Å². The molecule has 2 aromatic carbocycles. The van der Waals surface area contributed by atoms with Crippen LogP contribution in [0.1, 0.15) is 34.3 Å². The van der Waals surface area contributed by atoms with Crippen molar-refractivity contribution in [1.82, 2.24) is 15.2 Å². The summed E-state index contributed by atoms with van der Waals surface area (Å²) in [6, 6.07) is 15.8. The van der Waals surface area contributed by atoms with Crippen LogP contribution in [0.2, 0.25) is 0 Å². The Bertz CT molecular complexity index is 1040. The molecule has 7 heteroatoms. The standard InChI is InChI=1S/C25H25F2N3OS/c26-23-8-3-18(14-24(23)27)16-30-12-9-21(10-13-30)29-25(31)20-4-6-22(7-5-20)32-17-19-2-1-11-28-15-19/h1-8,11,14-15,21H,9-10,12-13,16-17H2,(H,29,31). The summed E-state index contributed by atoms with van der Waals surface area (Å²) in [5.74, 6) is -0.864. The lowest BCUT2D eigenvalue weighted by Gasteiger charge is -2.32. The average molecular weight is 454 g/mol. The van der Waals surface area contributed by atoms with Crippen LogP contribution < -0.4 is 5.32 Å². The highest BCUT2D eigenvalue weighted by Crippen LogP contribution is 2.23. The number of nitrogens with one attached hydrogen (secondary N) is 1. The van der Waals surface area contributed by atoms with Crippen molar-refractivity contribution < 1.29 is 13.6 Å². The lowest BCUT2D eigenvalue weighted by atomic mass is 10.0. The van der Waals surface area contributed by atoms with E-state index in [1.807, 2.05) is 42.6 Å². The van der Waals surface area contributed by atoms with Crippen LogP contribution in [-0.2, 0) is 12.3 Å². The molecule has 0 atom stereocenters. The van der Waals surface area contributed by atoms with Crippen LogP contribution >= 0.6 is 11.8 Å². The number of piperidine rings is 1. The third-order valence-corrected chi connectivity index (χ3v) is 6.64. The van der Waals surface area contributed by atoms with Crippen LogP contribution in [0.15, 0.2) is 71.9 Å². The minimum absolute atomic E-state index is 0.0622. The number of carbonyl (C=O) groups excluding carboxylic acids is 1. The van der Waals surface area contributed by atoms with E-state index in [2.05, 4.69) is 15.2 Å². The van der Waals surface area contributed by atoms with Crippen LogP contribution in [0.3, 0.4) is 0 Å². The maximum absolute atomic E-state index is 13.4. The van der Waals surface area contributed by atoms with E-state index in [1.54, 1.807) is 24.0 Å². The van der Waals surface area contributed by atoms with Gasteiger partial charge in [0.2, 0.25) is 0 Å². The molecule has 2 heterocycles. The van der Waals surface area contributed by atoms with Gasteiger partial charge in [0.15, 0.2) is 11.6 Å². The predicted molar refractivity (Wildman–Crippen MR) is 122 cm³/mol. The maximum atomic E-state index is 13.4. The molecule has 1 aromatic heterocycles. The van der Waals surface area contributed by atoms with Crippen LogP contribution in [0.4, 0.5) is 8.78 Å². The highest BCUT2D eigenvalue weighted by molar-refractivity contribution is 7.98. The number of rotatable bonds is 7. The summed E-state index contributed by atoms with van der Waals surface area (Å²) >= 11 is 1.71. The van der Waals surface area contributed by atoms with E-state index in [0.717, 1.165) is 47.7 Å². The minimum Gasteiger partial charge on any atom is -0.349 e. The monoisotopic (exact) mass is 453 g/mol. The van der Waals surface area contributed by atoms with E-state index in [9.17, 15) is 13.6 Å². The van der Waals surface area contributed by atoms with Crippen molar-refractivity contribution in [2.24, 2.45) is 0 Å². The van der Waals surface area contributed by atoms with Gasteiger partial charge in [0.05, 0.1) is 0 Å². The highest BCUT2D eigenvalue weighted by Gasteiger charge is 2.21. The summed E-state index contributed by atoms with van der Waals surface area (Å²) in [6.45, 7) is 2.18. The summed E-state index contributed by atoms with van der Waals surface area (Å²) in [4.78, 5) is 20.1. The second-order valence-electron chi connectivity index (χ2n) is 7.95. The molecule has 0 unspecified atom stereocenters. The molecule has 0 spiro atoms. The molecule has 0 saturated carbocycles. The molecule has 0 aliphatic carbocycles. The fourth-order valence-electron chi connectivity index (χ4n) is 3.75. The maximum Gasteiger partial charge on any atom is 0.251 e. The molecule has 3 aromatic rings. The molecule has 1 saturated heterocycles. The fourth-order valence-corrected chi connectivity index (χ4v) is 4.59. The first kappa shape index (κ1) is 22.4. The van der Waals surface area contributed by atoms with E-state index in [-0.39, 0.29) is 11.9 Å². The van der Waals surface area contributed by atoms with Crippen LogP contribution in [0.25, 0.3) is 0 Å². The second-order valence-corrected chi connectivity index (χ2v) is 9.00. The van der Waals surface area contributed by atoms with E-state index < -0.39 is 11.6 Å². The van der Waals surface area contributed by atoms with Gasteiger partial charge in [-0.2, -0.15) is 0 Å². The van der Waals surface area contributed by atoms with Gasteiger partial charge in [-0.15, -0.1) is 11.8 Å². The van der Waals surface area contributed by atoms with Crippen LogP contribution in [0.5, 0.6) is 0 Å². The first-order valence-electron chi connectivity index (χ1n) is 10.7. The first-order valence-corrected chi connectivity index (χ1v) is 11.6. The van der Waals surface area contributed by atoms with Crippen molar-refractivity contribution >= 4 is 17.7 Å². The van der Waals surface area contributed by atoms with E-state index in [4.69, 9.17) is 0 Å². The Kier molecular flexibility index (Phi) is 7.50. The largest absolute Gasteiger partial charge is 0.349 e. The highest BCUT2D eigenvalue weighted by atomic mass is 32.2. The summed E-state index contributed by atoms with van der Waals surface area (Å²) in [7, 11) is 0. The zero-order valence-electron chi connectivity index (χ0n) is 17.6. The summed E-state index contributed by atoms with van der Waals surface area (Å²) < 4.78 is 26.5. The molecule has 0 bridgehead atoms. The third kappa shape index (κ3) is 6.14. The van der Waals surface area contributed by atoms with Gasteiger partial charge in [0, 0.05) is 54.3 Å². The molecule has 4 rings (SSSR count). The average Bonchev–Trinajstić information content (AvgIpc) is 2.82. The van der Waals surface area contributed by atoms with Gasteiger partial charge >= 0.3 is 0 Å². The fraction of sp³-hybridized carbons (Fsp3) is 0.280. The molecule has 1 N–H and O–H groups in total. The Balaban J connectivity index is 1.22. The number of amides is 1. The lowest BCUT2D eigenvalue weighted by Crippen LogP contribution is -2.44. The topological polar surface area (TPSA) is 45.2 Å². The van der Waals surface area contributed by atoms with Crippen molar-refractivity contribution in [3.05, 3.63) is 95.3 Å². The number of aromatic nitrogens is 1. The molecular weight excluding hydrogens is 428 g/mol. The molecule has 0 radical (unpaired) electrons. The third-order valence-electron chi connectivity index (χ3n) is 5.56. The molecule has 1 aliphatic heterocycles. The number of hydrogen-bond donors (Lipinski definition) is 1. The summed E-state index contributed by atoms with van der Waals surface area (Å²) in [5, 5.41) is 3.12. The number of benzene rings is 2. The zero-order chi connectivity index (χ0) is 22.3. The number of likely N-dealkylation sites (tertiary alicyclic amines) is 1. The summed E-state index contributed by atoms with van der Waals surface area (Å²) in [6.07, 6.45) is 5.28. The van der Waals surface area contributed by atoms with Gasteiger partial charge in [0.25, 0.3) is 5.91 Å². The number of thioether (sulfide) groups is 1. The van der Waals surface area contributed by atoms with Gasteiger partial charge in [-0.05, 0) is 66.4 Å². The minimum atomic E-state index is -0.824. The second kappa shape index (κ2) is 10.7. The van der Waals surface area contributed by atoms with E-state index in [0.29, 0.717) is 12.1 Å². The van der Waals surface area contributed by atoms with Gasteiger partial charge in [-0.1, -0.05) is 12.1 Å². The number of carbonyl (C=O) groups is 1. The SMILES string of the molecule is O=C(NC1CCN(Cc2ccc(F)c(F)c2)CC1)c1ccc(SCc2cccnc2)cc1. The first-order chi connectivity index (χ1) is 15.6. The molecule has 1 fully saturated rings. The van der Waals surface area contributed by atoms with Crippen molar-refractivity contribution in [3.63, 3.8) is 0 Å². The van der Waals surface area contributed by atoms with Gasteiger partial charge < -0.3 is 5.32 Å². The quantitative estimate of drug-likeness (QED) is 0.509. The zero-order valence-corrected chi connectivity index (χ0v) is 18.5. The Morgan fingerprint density at radius 2 is 1.81 bits per heavy atom. The van der Waals surface area contributed by atoms with Crippen LogP contribution in [0, 0.1) is 11.6 Å². The van der Waals surface area contributed by atoms with Crippen molar-refractivity contribution in [1.29, 1.82) is 0 Å². The summed E-state index contributed by atoms with van der Waals surface area (Å²) in [5.41, 5.74) is 2.57. The molecular formula is C25H25F2N3OS. The Hall–Kier alpha value is -2.77. The van der Waals surface area contributed by atoms with E-state index in [1.165, 1.54) is 12.1 Å². The Morgan fingerprint density at radius 3 is 2.50 bits per heavy atom. The van der Waals surface area contributed by atoms with Crippen molar-refractivity contribution in [2.45, 2.75) is 36.1 Å².